The van der Waals surface area contributed by atoms with Crippen LogP contribution in [0.1, 0.15) is 30.9 Å². The van der Waals surface area contributed by atoms with Crippen molar-refractivity contribution in [1.82, 2.24) is 4.98 Å². The number of pyridine rings is 1. The maximum Gasteiger partial charge on any atom is 0.171 e. The number of hydrogen-bond acceptors (Lipinski definition) is 3. The quantitative estimate of drug-likeness (QED) is 0.833. The highest BCUT2D eigenvalue weighted by atomic mass is 19.1. The van der Waals surface area contributed by atoms with Gasteiger partial charge in [-0.15, -0.1) is 0 Å². The molecule has 2 aromatic rings. The summed E-state index contributed by atoms with van der Waals surface area (Å²) in [6.07, 6.45) is 1.84. The fraction of sp³-hybridized carbons (Fsp3) is 0.389. The lowest BCUT2D eigenvalue weighted by atomic mass is 9.91. The summed E-state index contributed by atoms with van der Waals surface area (Å²) in [6.45, 7) is 7.50. The second-order valence-corrected chi connectivity index (χ2v) is 6.10. The first-order chi connectivity index (χ1) is 10.5. The first-order valence-corrected chi connectivity index (χ1v) is 7.62. The second-order valence-electron chi connectivity index (χ2n) is 6.10. The SMILES string of the molecule is Cc1c(-c2cnc3c(c2)OCCN3C)ccc(F)c1C(C)C. The number of rotatable bonds is 2. The van der Waals surface area contributed by atoms with Gasteiger partial charge in [-0.1, -0.05) is 19.9 Å². The molecule has 22 heavy (non-hydrogen) atoms. The zero-order valence-corrected chi connectivity index (χ0v) is 13.5. The Morgan fingerprint density at radius 2 is 2.09 bits per heavy atom. The van der Waals surface area contributed by atoms with E-state index in [9.17, 15) is 4.39 Å². The van der Waals surface area contributed by atoms with Crippen LogP contribution >= 0.6 is 0 Å². The van der Waals surface area contributed by atoms with Gasteiger partial charge in [0.2, 0.25) is 0 Å². The van der Waals surface area contributed by atoms with Crippen molar-refractivity contribution in [1.29, 1.82) is 0 Å². The maximum atomic E-state index is 14.1. The topological polar surface area (TPSA) is 25.4 Å². The van der Waals surface area contributed by atoms with Crippen LogP contribution in [0, 0.1) is 12.7 Å². The Balaban J connectivity index is 2.11. The summed E-state index contributed by atoms with van der Waals surface area (Å²) in [5, 5.41) is 0. The van der Waals surface area contributed by atoms with Crippen LogP contribution in [0.15, 0.2) is 24.4 Å². The minimum atomic E-state index is -0.141. The number of aromatic nitrogens is 1. The van der Waals surface area contributed by atoms with E-state index in [0.717, 1.165) is 40.4 Å². The molecule has 0 radical (unpaired) electrons. The van der Waals surface area contributed by atoms with Crippen molar-refractivity contribution in [2.75, 3.05) is 25.1 Å². The van der Waals surface area contributed by atoms with Crippen LogP contribution in [-0.2, 0) is 0 Å². The largest absolute Gasteiger partial charge is 0.488 e. The number of likely N-dealkylation sites (N-methyl/N-ethyl adjacent to an activating group) is 1. The summed E-state index contributed by atoms with van der Waals surface area (Å²) in [4.78, 5) is 6.60. The number of fused-ring (bicyclic) bond motifs is 1. The van der Waals surface area contributed by atoms with E-state index in [2.05, 4.69) is 9.88 Å². The van der Waals surface area contributed by atoms with Gasteiger partial charge in [0.05, 0.1) is 6.54 Å². The summed E-state index contributed by atoms with van der Waals surface area (Å²) in [7, 11) is 2.01. The van der Waals surface area contributed by atoms with E-state index < -0.39 is 0 Å². The van der Waals surface area contributed by atoms with E-state index in [0.29, 0.717) is 6.61 Å². The molecular formula is C18H21FN2O. The fourth-order valence-corrected chi connectivity index (χ4v) is 3.09. The van der Waals surface area contributed by atoms with Crippen LogP contribution in [0.4, 0.5) is 10.2 Å². The molecule has 0 fully saturated rings. The van der Waals surface area contributed by atoms with Gasteiger partial charge in [0, 0.05) is 18.8 Å². The van der Waals surface area contributed by atoms with Crippen LogP contribution < -0.4 is 9.64 Å². The molecule has 0 saturated heterocycles. The van der Waals surface area contributed by atoms with Crippen molar-refractivity contribution >= 4 is 5.82 Å². The molecule has 0 saturated carbocycles. The van der Waals surface area contributed by atoms with Gasteiger partial charge < -0.3 is 9.64 Å². The van der Waals surface area contributed by atoms with E-state index in [-0.39, 0.29) is 11.7 Å². The first kappa shape index (κ1) is 14.8. The monoisotopic (exact) mass is 300 g/mol. The predicted octanol–water partition coefficient (Wildman–Crippen LogP) is 4.15. The zero-order valence-electron chi connectivity index (χ0n) is 13.5. The Labute approximate surface area is 130 Å². The molecule has 0 spiro atoms. The molecule has 0 unspecified atom stereocenters. The van der Waals surface area contributed by atoms with E-state index in [1.807, 2.05) is 46.1 Å². The van der Waals surface area contributed by atoms with Crippen molar-refractivity contribution < 1.29 is 9.13 Å². The van der Waals surface area contributed by atoms with Crippen LogP contribution in [0.5, 0.6) is 5.75 Å². The molecule has 116 valence electrons. The Morgan fingerprint density at radius 3 is 2.82 bits per heavy atom. The van der Waals surface area contributed by atoms with Crippen molar-refractivity contribution in [3.05, 3.63) is 41.3 Å². The second kappa shape index (κ2) is 5.59. The van der Waals surface area contributed by atoms with E-state index >= 15 is 0 Å². The lowest BCUT2D eigenvalue weighted by molar-refractivity contribution is 0.309. The minimum absolute atomic E-state index is 0.141. The predicted molar refractivity (Wildman–Crippen MR) is 87.2 cm³/mol. The molecule has 1 aliphatic heterocycles. The van der Waals surface area contributed by atoms with Crippen molar-refractivity contribution in [2.24, 2.45) is 0 Å². The molecule has 3 rings (SSSR count). The van der Waals surface area contributed by atoms with Crippen LogP contribution in [0.3, 0.4) is 0 Å². The summed E-state index contributed by atoms with van der Waals surface area (Å²) < 4.78 is 19.8. The summed E-state index contributed by atoms with van der Waals surface area (Å²) >= 11 is 0. The van der Waals surface area contributed by atoms with Gasteiger partial charge in [-0.3, -0.25) is 0 Å². The lowest BCUT2D eigenvalue weighted by Gasteiger charge is -2.26. The molecule has 0 aliphatic carbocycles. The third-order valence-corrected chi connectivity index (χ3v) is 4.23. The number of halogens is 1. The highest BCUT2D eigenvalue weighted by Gasteiger charge is 2.19. The summed E-state index contributed by atoms with van der Waals surface area (Å²) in [5.41, 5.74) is 3.72. The third-order valence-electron chi connectivity index (χ3n) is 4.23. The average molecular weight is 300 g/mol. The molecule has 2 heterocycles. The van der Waals surface area contributed by atoms with Crippen molar-refractivity contribution in [3.63, 3.8) is 0 Å². The molecule has 1 aromatic carbocycles. The fourth-order valence-electron chi connectivity index (χ4n) is 3.09. The Bertz CT molecular complexity index is 712. The van der Waals surface area contributed by atoms with Gasteiger partial charge in [0.25, 0.3) is 0 Å². The van der Waals surface area contributed by atoms with Crippen molar-refractivity contribution in [3.8, 4) is 16.9 Å². The number of hydrogen-bond donors (Lipinski definition) is 0. The van der Waals surface area contributed by atoms with Gasteiger partial charge in [-0.25, -0.2) is 9.37 Å². The third kappa shape index (κ3) is 2.43. The highest BCUT2D eigenvalue weighted by molar-refractivity contribution is 5.72. The van der Waals surface area contributed by atoms with Crippen LogP contribution in [0.25, 0.3) is 11.1 Å². The van der Waals surface area contributed by atoms with Gasteiger partial charge in [0.1, 0.15) is 12.4 Å². The maximum absolute atomic E-state index is 14.1. The molecule has 3 nitrogen and oxygen atoms in total. The molecule has 1 aromatic heterocycles. The lowest BCUT2D eigenvalue weighted by Crippen LogP contribution is -2.29. The number of anilines is 1. The Morgan fingerprint density at radius 1 is 1.32 bits per heavy atom. The van der Waals surface area contributed by atoms with Gasteiger partial charge in [-0.2, -0.15) is 0 Å². The van der Waals surface area contributed by atoms with E-state index in [1.54, 1.807) is 6.07 Å². The molecule has 1 aliphatic rings. The zero-order chi connectivity index (χ0) is 15.9. The first-order valence-electron chi connectivity index (χ1n) is 7.62. The molecular weight excluding hydrogens is 279 g/mol. The minimum Gasteiger partial charge on any atom is -0.488 e. The van der Waals surface area contributed by atoms with Crippen LogP contribution in [0.2, 0.25) is 0 Å². The molecule has 4 heteroatoms. The van der Waals surface area contributed by atoms with E-state index in [1.165, 1.54) is 0 Å². The number of ether oxygens (including phenoxy) is 1. The Hall–Kier alpha value is -2.10. The normalized spacial score (nSPS) is 14.0. The summed E-state index contributed by atoms with van der Waals surface area (Å²) in [5.74, 6) is 1.66. The van der Waals surface area contributed by atoms with Gasteiger partial charge >= 0.3 is 0 Å². The summed E-state index contributed by atoms with van der Waals surface area (Å²) in [6, 6.07) is 5.37. The Kier molecular flexibility index (Phi) is 3.77. The van der Waals surface area contributed by atoms with E-state index in [4.69, 9.17) is 4.74 Å². The molecule has 0 atom stereocenters. The average Bonchev–Trinajstić information content (AvgIpc) is 2.47. The number of nitrogens with zero attached hydrogens (tertiary/aromatic N) is 2. The highest BCUT2D eigenvalue weighted by Crippen LogP contribution is 2.36. The van der Waals surface area contributed by atoms with Crippen molar-refractivity contribution in [2.45, 2.75) is 26.7 Å². The molecule has 0 amide bonds. The standard InChI is InChI=1S/C18H21FN2O/c1-11(2)17-12(3)14(5-6-15(17)19)13-9-16-18(20-10-13)21(4)7-8-22-16/h5-6,9-11H,7-8H2,1-4H3. The van der Waals surface area contributed by atoms with Gasteiger partial charge in [-0.05, 0) is 41.7 Å². The smallest absolute Gasteiger partial charge is 0.171 e. The van der Waals surface area contributed by atoms with Gasteiger partial charge in [0.15, 0.2) is 11.6 Å². The van der Waals surface area contributed by atoms with Crippen LogP contribution in [-0.4, -0.2) is 25.2 Å². The molecule has 0 N–H and O–H groups in total. The molecule has 0 bridgehead atoms. The number of benzene rings is 1.